The standard InChI is InChI=1S/C26H26F2N6O3/c27-15-3-4-21(28)18(10-15)23-2-1-8-33(23)17-6-9-34-24(12-17)20(14-31-34)25(35)32-16-5-7-30-22(11-16)19(13-29)26(36)37/h3-4,6,9-10,12-14,16,23,29-30H,1-2,5,7-8,11H2,(H,32,35)(H,36,37)/b22-19+,29-13?/t16?,23-/m1/s1. The van der Waals surface area contributed by atoms with E-state index in [2.05, 4.69) is 15.7 Å². The van der Waals surface area contributed by atoms with Crippen molar-refractivity contribution in [3.05, 3.63) is 76.8 Å². The molecule has 2 aliphatic rings. The molecule has 2 aliphatic heterocycles. The number of piperidine rings is 1. The van der Waals surface area contributed by atoms with E-state index in [9.17, 15) is 23.5 Å². The van der Waals surface area contributed by atoms with Gasteiger partial charge in [-0.3, -0.25) is 4.79 Å². The average molecular weight is 509 g/mol. The number of carboxylic acid groups (broad SMARTS) is 1. The van der Waals surface area contributed by atoms with Crippen LogP contribution in [0.15, 0.2) is 54.0 Å². The van der Waals surface area contributed by atoms with Gasteiger partial charge < -0.3 is 26.0 Å². The zero-order chi connectivity index (χ0) is 26.1. The van der Waals surface area contributed by atoms with Crippen molar-refractivity contribution in [1.29, 1.82) is 5.41 Å². The van der Waals surface area contributed by atoms with Gasteiger partial charge in [-0.05, 0) is 49.6 Å². The lowest BCUT2D eigenvalue weighted by atomic mass is 9.99. The van der Waals surface area contributed by atoms with Gasteiger partial charge in [-0.15, -0.1) is 0 Å². The molecular weight excluding hydrogens is 482 g/mol. The van der Waals surface area contributed by atoms with E-state index in [1.807, 2.05) is 17.0 Å². The molecule has 2 saturated heterocycles. The minimum atomic E-state index is -1.20. The van der Waals surface area contributed by atoms with Crippen molar-refractivity contribution in [3.63, 3.8) is 0 Å². The second-order valence-corrected chi connectivity index (χ2v) is 9.22. The van der Waals surface area contributed by atoms with Crippen LogP contribution in [-0.4, -0.2) is 51.9 Å². The molecule has 2 fully saturated rings. The zero-order valence-corrected chi connectivity index (χ0v) is 19.9. The zero-order valence-electron chi connectivity index (χ0n) is 19.9. The summed E-state index contributed by atoms with van der Waals surface area (Å²) in [6.07, 6.45) is 6.35. The number of fused-ring (bicyclic) bond motifs is 1. The van der Waals surface area contributed by atoms with Gasteiger partial charge in [0.15, 0.2) is 0 Å². The lowest BCUT2D eigenvalue weighted by Crippen LogP contribution is -2.42. The minimum absolute atomic E-state index is 0.130. The molecular formula is C26H26F2N6O3. The van der Waals surface area contributed by atoms with E-state index in [1.54, 1.807) is 10.7 Å². The van der Waals surface area contributed by atoms with Crippen LogP contribution in [0.25, 0.3) is 5.52 Å². The highest BCUT2D eigenvalue weighted by Gasteiger charge is 2.30. The van der Waals surface area contributed by atoms with Gasteiger partial charge in [0, 0.05) is 54.9 Å². The highest BCUT2D eigenvalue weighted by Crippen LogP contribution is 2.38. The van der Waals surface area contributed by atoms with Crippen molar-refractivity contribution in [2.75, 3.05) is 18.0 Å². The van der Waals surface area contributed by atoms with Crippen molar-refractivity contribution in [2.45, 2.75) is 37.8 Å². The van der Waals surface area contributed by atoms with Gasteiger partial charge in [-0.1, -0.05) is 0 Å². The lowest BCUT2D eigenvalue weighted by Gasteiger charge is -2.28. The Labute approximate surface area is 211 Å². The Balaban J connectivity index is 1.39. The third kappa shape index (κ3) is 4.76. The molecule has 0 bridgehead atoms. The number of hydrogen-bond acceptors (Lipinski definition) is 6. The molecule has 2 aromatic heterocycles. The number of anilines is 1. The van der Waals surface area contributed by atoms with Crippen molar-refractivity contribution in [3.8, 4) is 0 Å². The summed E-state index contributed by atoms with van der Waals surface area (Å²) in [6.45, 7) is 1.13. The number of aliphatic carboxylic acids is 1. The van der Waals surface area contributed by atoms with Crippen LogP contribution < -0.4 is 15.5 Å². The summed E-state index contributed by atoms with van der Waals surface area (Å²) in [7, 11) is 0. The summed E-state index contributed by atoms with van der Waals surface area (Å²) in [6, 6.07) is 6.52. The molecule has 0 radical (unpaired) electrons. The molecule has 0 spiro atoms. The van der Waals surface area contributed by atoms with Gasteiger partial charge >= 0.3 is 5.97 Å². The quantitative estimate of drug-likeness (QED) is 0.299. The molecule has 2 atom stereocenters. The molecule has 0 saturated carbocycles. The van der Waals surface area contributed by atoms with E-state index in [0.717, 1.165) is 30.5 Å². The number of carboxylic acids is 1. The predicted molar refractivity (Wildman–Crippen MR) is 133 cm³/mol. The maximum atomic E-state index is 14.5. The highest BCUT2D eigenvalue weighted by atomic mass is 19.1. The number of benzene rings is 1. The summed E-state index contributed by atoms with van der Waals surface area (Å²) in [5.41, 5.74) is 2.28. The fourth-order valence-corrected chi connectivity index (χ4v) is 5.18. The first kappa shape index (κ1) is 24.4. The third-order valence-corrected chi connectivity index (χ3v) is 6.97. The number of carbonyl (C=O) groups excluding carboxylic acids is 1. The van der Waals surface area contributed by atoms with Gasteiger partial charge in [0.25, 0.3) is 5.91 Å². The van der Waals surface area contributed by atoms with Crippen LogP contribution in [0.5, 0.6) is 0 Å². The molecule has 192 valence electrons. The molecule has 37 heavy (non-hydrogen) atoms. The lowest BCUT2D eigenvalue weighted by molar-refractivity contribution is -0.132. The largest absolute Gasteiger partial charge is 0.478 e. The second-order valence-electron chi connectivity index (χ2n) is 9.22. The van der Waals surface area contributed by atoms with Gasteiger partial charge in [-0.25, -0.2) is 18.1 Å². The highest BCUT2D eigenvalue weighted by molar-refractivity contribution is 6.08. The normalized spacial score (nSPS) is 21.0. The molecule has 3 aromatic rings. The Morgan fingerprint density at radius 3 is 2.84 bits per heavy atom. The maximum Gasteiger partial charge on any atom is 0.339 e. The summed E-state index contributed by atoms with van der Waals surface area (Å²) in [5, 5.41) is 26.9. The van der Waals surface area contributed by atoms with E-state index in [0.29, 0.717) is 48.3 Å². The van der Waals surface area contributed by atoms with Crippen molar-refractivity contribution in [1.82, 2.24) is 20.2 Å². The first-order chi connectivity index (χ1) is 17.9. The number of aromatic nitrogens is 2. The van der Waals surface area contributed by atoms with Gasteiger partial charge in [0.2, 0.25) is 0 Å². The fraction of sp³-hybridized carbons (Fsp3) is 0.308. The van der Waals surface area contributed by atoms with E-state index >= 15 is 0 Å². The molecule has 1 aromatic carbocycles. The molecule has 9 nitrogen and oxygen atoms in total. The molecule has 1 unspecified atom stereocenters. The molecule has 0 aliphatic carbocycles. The average Bonchev–Trinajstić information content (AvgIpc) is 3.53. The Bertz CT molecular complexity index is 1420. The van der Waals surface area contributed by atoms with Crippen molar-refractivity contribution in [2.24, 2.45) is 0 Å². The van der Waals surface area contributed by atoms with E-state index in [4.69, 9.17) is 5.41 Å². The number of rotatable bonds is 6. The Kier molecular flexibility index (Phi) is 6.60. The summed E-state index contributed by atoms with van der Waals surface area (Å²) in [4.78, 5) is 26.6. The monoisotopic (exact) mass is 508 g/mol. The summed E-state index contributed by atoms with van der Waals surface area (Å²) in [5.74, 6) is -2.48. The topological polar surface area (TPSA) is 123 Å². The number of hydrogen-bond donors (Lipinski definition) is 4. The molecule has 4 heterocycles. The Morgan fingerprint density at radius 1 is 1.22 bits per heavy atom. The first-order valence-corrected chi connectivity index (χ1v) is 12.1. The number of halogens is 2. The number of pyridine rings is 1. The van der Waals surface area contributed by atoms with Crippen LogP contribution in [0.4, 0.5) is 14.5 Å². The van der Waals surface area contributed by atoms with Crippen molar-refractivity contribution < 1.29 is 23.5 Å². The van der Waals surface area contributed by atoms with E-state index in [-0.39, 0.29) is 30.0 Å². The van der Waals surface area contributed by atoms with Crippen LogP contribution >= 0.6 is 0 Å². The smallest absolute Gasteiger partial charge is 0.339 e. The Hall–Kier alpha value is -4.28. The Morgan fingerprint density at radius 2 is 2.05 bits per heavy atom. The van der Waals surface area contributed by atoms with E-state index < -0.39 is 17.6 Å². The van der Waals surface area contributed by atoms with Gasteiger partial charge in [0.05, 0.1) is 28.9 Å². The van der Waals surface area contributed by atoms with Crippen LogP contribution in [0.1, 0.15) is 47.6 Å². The predicted octanol–water partition coefficient (Wildman–Crippen LogP) is 3.42. The van der Waals surface area contributed by atoms with Crippen LogP contribution in [0.2, 0.25) is 0 Å². The maximum absolute atomic E-state index is 14.5. The second kappa shape index (κ2) is 10.00. The fourth-order valence-electron chi connectivity index (χ4n) is 5.18. The van der Waals surface area contributed by atoms with Crippen LogP contribution in [0, 0.1) is 17.0 Å². The minimum Gasteiger partial charge on any atom is -0.478 e. The molecule has 5 rings (SSSR count). The molecule has 1 amide bonds. The van der Waals surface area contributed by atoms with Gasteiger partial charge in [-0.2, -0.15) is 5.10 Å². The number of nitrogens with one attached hydrogen (secondary N) is 3. The third-order valence-electron chi connectivity index (χ3n) is 6.97. The van der Waals surface area contributed by atoms with Gasteiger partial charge in [0.1, 0.15) is 11.6 Å². The first-order valence-electron chi connectivity index (χ1n) is 12.1. The number of carbonyl (C=O) groups is 2. The van der Waals surface area contributed by atoms with E-state index in [1.165, 1.54) is 12.3 Å². The molecule has 11 heteroatoms. The SMILES string of the molecule is N=C/C(C(=O)O)=C1/CC(NC(=O)c2cnn3ccc(N4CCC[C@@H]4c4cc(F)ccc4F)cc23)CCN1. The number of nitrogens with zero attached hydrogens (tertiary/aromatic N) is 3. The summed E-state index contributed by atoms with van der Waals surface area (Å²) < 4.78 is 30.0. The number of amides is 1. The van der Waals surface area contributed by atoms with Crippen LogP contribution in [-0.2, 0) is 4.79 Å². The van der Waals surface area contributed by atoms with Crippen molar-refractivity contribution >= 4 is 29.3 Å². The van der Waals surface area contributed by atoms with Crippen LogP contribution in [0.3, 0.4) is 0 Å². The molecule has 4 N–H and O–H groups in total. The summed E-state index contributed by atoms with van der Waals surface area (Å²) >= 11 is 0.